The average Bonchev–Trinajstić information content (AvgIpc) is 3.21. The van der Waals surface area contributed by atoms with Gasteiger partial charge in [-0.1, -0.05) is 0 Å². The van der Waals surface area contributed by atoms with Gasteiger partial charge in [-0.2, -0.15) is 13.2 Å². The Hall–Kier alpha value is -1.75. The van der Waals surface area contributed by atoms with Gasteiger partial charge in [0.25, 0.3) is 0 Å². The van der Waals surface area contributed by atoms with Crippen LogP contribution in [0.15, 0.2) is 12.3 Å². The highest BCUT2D eigenvalue weighted by atomic mass is 19.4. The van der Waals surface area contributed by atoms with E-state index in [1.807, 2.05) is 0 Å². The molecule has 3 heterocycles. The smallest absolute Gasteiger partial charge is 0.395 e. The normalized spacial score (nSPS) is 30.9. The van der Waals surface area contributed by atoms with Crippen LogP contribution >= 0.6 is 0 Å². The molecule has 1 saturated carbocycles. The van der Waals surface area contributed by atoms with Crippen molar-refractivity contribution in [3.63, 3.8) is 0 Å². The topological polar surface area (TPSA) is 83.9 Å². The van der Waals surface area contributed by atoms with E-state index in [9.17, 15) is 23.1 Å². The second-order valence-corrected chi connectivity index (χ2v) is 9.09. The standard InChI is InChI=1S/C22H30F3N3O4/c1-31-19-12-32-7-4-18(19)27-16-2-5-21(9-16,13-29)20(30)28-6-3-17-14(11-28)8-15(10-26-17)22(23,24)25/h8,10,16,18-19,27,29H,2-7,9,11-13H2,1H3/t16-,18+,19-,21+/m1/s1. The minimum atomic E-state index is -4.48. The van der Waals surface area contributed by atoms with Crippen LogP contribution in [0.3, 0.4) is 0 Å². The summed E-state index contributed by atoms with van der Waals surface area (Å²) >= 11 is 0. The number of hydrogen-bond donors (Lipinski definition) is 2. The fourth-order valence-electron chi connectivity index (χ4n) is 5.20. The van der Waals surface area contributed by atoms with Gasteiger partial charge in [-0.05, 0) is 37.3 Å². The Morgan fingerprint density at radius 2 is 2.25 bits per heavy atom. The van der Waals surface area contributed by atoms with Crippen LogP contribution in [0.25, 0.3) is 0 Å². The number of aromatic nitrogens is 1. The van der Waals surface area contributed by atoms with E-state index in [1.54, 1.807) is 12.0 Å². The Balaban J connectivity index is 1.44. The number of nitrogens with zero attached hydrogens (tertiary/aromatic N) is 2. The summed E-state index contributed by atoms with van der Waals surface area (Å²) in [6.45, 7) is 1.35. The molecule has 0 aromatic carbocycles. The van der Waals surface area contributed by atoms with Gasteiger partial charge in [-0.3, -0.25) is 9.78 Å². The molecule has 0 radical (unpaired) electrons. The van der Waals surface area contributed by atoms with E-state index >= 15 is 0 Å². The molecule has 0 bridgehead atoms. The van der Waals surface area contributed by atoms with Crippen LogP contribution in [0.2, 0.25) is 0 Å². The van der Waals surface area contributed by atoms with Crippen molar-refractivity contribution < 1.29 is 32.5 Å². The lowest BCUT2D eigenvalue weighted by molar-refractivity contribution is -0.145. The molecule has 1 saturated heterocycles. The molecule has 178 valence electrons. The summed E-state index contributed by atoms with van der Waals surface area (Å²) in [5.74, 6) is -0.192. The lowest BCUT2D eigenvalue weighted by Crippen LogP contribution is -2.51. The van der Waals surface area contributed by atoms with Gasteiger partial charge in [0.15, 0.2) is 0 Å². The molecule has 0 unspecified atom stereocenters. The number of ether oxygens (including phenoxy) is 2. The van der Waals surface area contributed by atoms with Crippen LogP contribution in [0.1, 0.15) is 42.5 Å². The summed E-state index contributed by atoms with van der Waals surface area (Å²) < 4.78 is 50.2. The highest BCUT2D eigenvalue weighted by molar-refractivity contribution is 5.83. The van der Waals surface area contributed by atoms with Gasteiger partial charge < -0.3 is 24.8 Å². The molecule has 1 amide bonds. The zero-order chi connectivity index (χ0) is 22.9. The molecule has 7 nitrogen and oxygen atoms in total. The number of rotatable bonds is 5. The number of carbonyl (C=O) groups is 1. The number of methoxy groups -OCH3 is 1. The Morgan fingerprint density at radius 3 is 2.97 bits per heavy atom. The maximum absolute atomic E-state index is 13.5. The van der Waals surface area contributed by atoms with Gasteiger partial charge in [-0.15, -0.1) is 0 Å². The number of carbonyl (C=O) groups excluding carboxylic acids is 1. The first-order valence-electron chi connectivity index (χ1n) is 11.1. The van der Waals surface area contributed by atoms with E-state index in [4.69, 9.17) is 9.47 Å². The lowest BCUT2D eigenvalue weighted by Gasteiger charge is -2.37. The van der Waals surface area contributed by atoms with E-state index in [2.05, 4.69) is 10.3 Å². The molecule has 3 aliphatic rings. The monoisotopic (exact) mass is 457 g/mol. The molecule has 1 aliphatic carbocycles. The lowest BCUT2D eigenvalue weighted by atomic mass is 9.84. The molecule has 2 N–H and O–H groups in total. The van der Waals surface area contributed by atoms with Crippen molar-refractivity contribution in [1.29, 1.82) is 0 Å². The van der Waals surface area contributed by atoms with E-state index in [0.717, 1.165) is 25.1 Å². The van der Waals surface area contributed by atoms with Crippen molar-refractivity contribution in [3.8, 4) is 0 Å². The average molecular weight is 457 g/mol. The van der Waals surface area contributed by atoms with Crippen molar-refractivity contribution in [1.82, 2.24) is 15.2 Å². The van der Waals surface area contributed by atoms with E-state index in [-0.39, 0.29) is 37.2 Å². The molecule has 1 aromatic heterocycles. The van der Waals surface area contributed by atoms with E-state index in [1.165, 1.54) is 0 Å². The number of nitrogens with one attached hydrogen (secondary N) is 1. The fraction of sp³-hybridized carbons (Fsp3) is 0.727. The third-order valence-corrected chi connectivity index (χ3v) is 7.08. The van der Waals surface area contributed by atoms with Gasteiger partial charge in [0.1, 0.15) is 0 Å². The predicted molar refractivity (Wildman–Crippen MR) is 109 cm³/mol. The summed E-state index contributed by atoms with van der Waals surface area (Å²) in [5.41, 5.74) is -0.712. The third kappa shape index (κ3) is 4.64. The summed E-state index contributed by atoms with van der Waals surface area (Å²) in [6.07, 6.45) is -0.711. The number of alkyl halides is 3. The Kier molecular flexibility index (Phi) is 6.76. The van der Waals surface area contributed by atoms with Gasteiger partial charge >= 0.3 is 6.18 Å². The number of aliphatic hydroxyl groups excluding tert-OH is 1. The number of fused-ring (bicyclic) bond motifs is 1. The quantitative estimate of drug-likeness (QED) is 0.703. The minimum Gasteiger partial charge on any atom is -0.395 e. The van der Waals surface area contributed by atoms with Crippen LogP contribution in [0, 0.1) is 5.41 Å². The molecule has 1 aromatic rings. The third-order valence-electron chi connectivity index (χ3n) is 7.08. The van der Waals surface area contributed by atoms with Crippen molar-refractivity contribution in [2.45, 2.75) is 63.0 Å². The Morgan fingerprint density at radius 1 is 1.44 bits per heavy atom. The summed E-state index contributed by atoms with van der Waals surface area (Å²) in [6, 6.07) is 1.27. The van der Waals surface area contributed by atoms with Crippen molar-refractivity contribution in [3.05, 3.63) is 29.1 Å². The Bertz CT molecular complexity index is 837. The van der Waals surface area contributed by atoms with E-state index < -0.39 is 17.2 Å². The zero-order valence-corrected chi connectivity index (χ0v) is 18.2. The number of halogens is 3. The molecule has 2 fully saturated rings. The molecule has 2 aliphatic heterocycles. The molecule has 32 heavy (non-hydrogen) atoms. The van der Waals surface area contributed by atoms with Crippen LogP contribution in [-0.2, 0) is 33.4 Å². The maximum atomic E-state index is 13.5. The zero-order valence-electron chi connectivity index (χ0n) is 18.2. The number of amides is 1. The summed E-state index contributed by atoms with van der Waals surface area (Å²) in [5, 5.41) is 13.8. The first-order chi connectivity index (χ1) is 15.3. The number of pyridine rings is 1. The molecule has 4 atom stereocenters. The molecule has 0 spiro atoms. The highest BCUT2D eigenvalue weighted by Gasteiger charge is 2.48. The van der Waals surface area contributed by atoms with Crippen molar-refractivity contribution >= 4 is 5.91 Å². The molecule has 10 heteroatoms. The van der Waals surface area contributed by atoms with Crippen LogP contribution < -0.4 is 5.32 Å². The molecular weight excluding hydrogens is 427 g/mol. The van der Waals surface area contributed by atoms with Gasteiger partial charge in [0.05, 0.1) is 30.3 Å². The minimum absolute atomic E-state index is 0.0578. The highest BCUT2D eigenvalue weighted by Crippen LogP contribution is 2.41. The largest absolute Gasteiger partial charge is 0.417 e. The van der Waals surface area contributed by atoms with Crippen LogP contribution in [0.5, 0.6) is 0 Å². The number of aliphatic hydroxyl groups is 1. The van der Waals surface area contributed by atoms with Crippen molar-refractivity contribution in [2.24, 2.45) is 5.41 Å². The maximum Gasteiger partial charge on any atom is 0.417 e. The number of hydrogen-bond acceptors (Lipinski definition) is 6. The van der Waals surface area contributed by atoms with Gasteiger partial charge in [0.2, 0.25) is 5.91 Å². The second-order valence-electron chi connectivity index (χ2n) is 9.09. The summed E-state index contributed by atoms with van der Waals surface area (Å²) in [4.78, 5) is 19.0. The van der Waals surface area contributed by atoms with E-state index in [0.29, 0.717) is 50.3 Å². The predicted octanol–water partition coefficient (Wildman–Crippen LogP) is 1.91. The van der Waals surface area contributed by atoms with Crippen LogP contribution in [0.4, 0.5) is 13.2 Å². The summed E-state index contributed by atoms with van der Waals surface area (Å²) in [7, 11) is 1.65. The van der Waals surface area contributed by atoms with Crippen LogP contribution in [-0.4, -0.2) is 72.6 Å². The fourth-order valence-corrected chi connectivity index (χ4v) is 5.20. The van der Waals surface area contributed by atoms with Gasteiger partial charge in [0, 0.05) is 57.2 Å². The van der Waals surface area contributed by atoms with Crippen molar-refractivity contribution in [2.75, 3.05) is 33.5 Å². The molecular formula is C22H30F3N3O4. The van der Waals surface area contributed by atoms with Gasteiger partial charge in [-0.25, -0.2) is 0 Å². The second kappa shape index (κ2) is 9.24. The molecule has 4 rings (SSSR count). The Labute approximate surface area is 185 Å². The first-order valence-corrected chi connectivity index (χ1v) is 11.1. The first kappa shape index (κ1) is 23.4. The SMILES string of the molecule is CO[C@@H]1COCC[C@@H]1N[C@@H]1CC[C@](CO)(C(=O)N2CCc3ncc(C(F)(F)F)cc3C2)C1.